The molecule has 1 aliphatic carbocycles. The molecule has 0 spiro atoms. The fraction of sp³-hybridized carbons (Fsp3) is 0.211. The van der Waals surface area contributed by atoms with E-state index < -0.39 is 0 Å². The van der Waals surface area contributed by atoms with Gasteiger partial charge in [-0.05, 0) is 48.8 Å². The van der Waals surface area contributed by atoms with E-state index in [1.54, 1.807) is 24.3 Å². The molecule has 1 aliphatic rings. The summed E-state index contributed by atoms with van der Waals surface area (Å²) in [6, 6.07) is 16.7. The van der Waals surface area contributed by atoms with Crippen molar-refractivity contribution in [1.82, 2.24) is 10.6 Å². The first kappa shape index (κ1) is 17.1. The predicted molar refractivity (Wildman–Crippen MR) is 101 cm³/mol. The Bertz CT molecular complexity index is 788. The van der Waals surface area contributed by atoms with Gasteiger partial charge in [-0.2, -0.15) is 0 Å². The highest BCUT2D eigenvalue weighted by Crippen LogP contribution is 2.28. The van der Waals surface area contributed by atoms with E-state index in [0.29, 0.717) is 17.8 Å². The van der Waals surface area contributed by atoms with E-state index in [-0.39, 0.29) is 22.8 Å². The number of carbonyl (C=O) groups is 2. The van der Waals surface area contributed by atoms with Crippen LogP contribution in [0.3, 0.4) is 0 Å². The minimum atomic E-state index is -0.166. The highest BCUT2D eigenvalue weighted by Gasteiger charge is 2.30. The smallest absolute Gasteiger partial charge is 0.251 e. The molecule has 0 radical (unpaired) electrons. The average Bonchev–Trinajstić information content (AvgIpc) is 3.46. The van der Waals surface area contributed by atoms with Crippen molar-refractivity contribution in [3.8, 4) is 0 Å². The van der Waals surface area contributed by atoms with Gasteiger partial charge in [0.05, 0.1) is 0 Å². The number of hydrogen-bond acceptors (Lipinski definition) is 3. The Hall–Kier alpha value is -2.73. The van der Waals surface area contributed by atoms with Crippen LogP contribution in [0.25, 0.3) is 0 Å². The number of nitrogens with one attached hydrogen (secondary N) is 3. The first-order valence-electron chi connectivity index (χ1n) is 8.16. The van der Waals surface area contributed by atoms with Crippen molar-refractivity contribution in [1.29, 1.82) is 0 Å². The quantitative estimate of drug-likeness (QED) is 0.723. The van der Waals surface area contributed by atoms with Crippen molar-refractivity contribution in [2.24, 2.45) is 5.92 Å². The largest absolute Gasteiger partial charge is 0.348 e. The molecule has 0 atom stereocenters. The Balaban J connectivity index is 1.55. The number of carbonyl (C=O) groups excluding carboxylic acids is 2. The first-order chi connectivity index (χ1) is 12.1. The topological polar surface area (TPSA) is 70.2 Å². The lowest BCUT2D eigenvalue weighted by Crippen LogP contribution is -2.35. The number of benzene rings is 2. The van der Waals surface area contributed by atoms with Gasteiger partial charge in [0.15, 0.2) is 5.11 Å². The first-order valence-corrected chi connectivity index (χ1v) is 8.56. The zero-order valence-electron chi connectivity index (χ0n) is 13.6. The molecule has 25 heavy (non-hydrogen) atoms. The van der Waals surface area contributed by atoms with Gasteiger partial charge in [0.2, 0.25) is 5.91 Å². The van der Waals surface area contributed by atoms with Gasteiger partial charge in [-0.15, -0.1) is 0 Å². The van der Waals surface area contributed by atoms with Crippen LogP contribution < -0.4 is 16.0 Å². The lowest BCUT2D eigenvalue weighted by atomic mass is 10.1. The number of amides is 2. The maximum absolute atomic E-state index is 12.3. The molecule has 2 aromatic carbocycles. The van der Waals surface area contributed by atoms with Crippen molar-refractivity contribution in [2.45, 2.75) is 19.4 Å². The molecule has 5 nitrogen and oxygen atoms in total. The summed E-state index contributed by atoms with van der Waals surface area (Å²) in [6.45, 7) is 0.465. The minimum Gasteiger partial charge on any atom is -0.348 e. The van der Waals surface area contributed by atoms with Crippen molar-refractivity contribution in [3.05, 3.63) is 65.7 Å². The fourth-order valence-corrected chi connectivity index (χ4v) is 2.56. The lowest BCUT2D eigenvalue weighted by Gasteiger charge is -2.11. The Labute approximate surface area is 151 Å². The van der Waals surface area contributed by atoms with Gasteiger partial charge in [0, 0.05) is 23.7 Å². The average molecular weight is 353 g/mol. The molecule has 0 bridgehead atoms. The summed E-state index contributed by atoms with van der Waals surface area (Å²) >= 11 is 5.14. The molecule has 0 unspecified atom stereocenters. The highest BCUT2D eigenvalue weighted by atomic mass is 32.1. The van der Waals surface area contributed by atoms with Crippen molar-refractivity contribution in [2.75, 3.05) is 5.32 Å². The molecule has 0 heterocycles. The molecule has 6 heteroatoms. The zero-order chi connectivity index (χ0) is 17.6. The second-order valence-corrected chi connectivity index (χ2v) is 6.37. The summed E-state index contributed by atoms with van der Waals surface area (Å²) in [5.41, 5.74) is 2.22. The van der Waals surface area contributed by atoms with Crippen molar-refractivity contribution < 1.29 is 9.59 Å². The third-order valence-electron chi connectivity index (χ3n) is 3.86. The van der Waals surface area contributed by atoms with Gasteiger partial charge in [-0.1, -0.05) is 36.4 Å². The summed E-state index contributed by atoms with van der Waals surface area (Å²) in [6.07, 6.45) is 1.84. The molecule has 3 rings (SSSR count). The van der Waals surface area contributed by atoms with Gasteiger partial charge in [0.25, 0.3) is 5.91 Å². The Morgan fingerprint density at radius 3 is 2.52 bits per heavy atom. The van der Waals surface area contributed by atoms with E-state index in [9.17, 15) is 9.59 Å². The maximum atomic E-state index is 12.3. The SMILES string of the molecule is O=C(NCc1ccccc1)c1cccc(NC(=S)NC(=O)C2CC2)c1. The van der Waals surface area contributed by atoms with Crippen LogP contribution in [-0.2, 0) is 11.3 Å². The van der Waals surface area contributed by atoms with Crippen LogP contribution in [-0.4, -0.2) is 16.9 Å². The van der Waals surface area contributed by atoms with E-state index >= 15 is 0 Å². The monoisotopic (exact) mass is 353 g/mol. The molecule has 128 valence electrons. The maximum Gasteiger partial charge on any atom is 0.251 e. The third-order valence-corrected chi connectivity index (χ3v) is 4.07. The van der Waals surface area contributed by atoms with E-state index in [4.69, 9.17) is 12.2 Å². The van der Waals surface area contributed by atoms with E-state index in [2.05, 4.69) is 16.0 Å². The molecular formula is C19H19N3O2S. The third kappa shape index (κ3) is 5.12. The predicted octanol–water partition coefficient (Wildman–Crippen LogP) is 2.84. The molecule has 1 saturated carbocycles. The fourth-order valence-electron chi connectivity index (χ4n) is 2.34. The van der Waals surface area contributed by atoms with Crippen LogP contribution in [0.1, 0.15) is 28.8 Å². The van der Waals surface area contributed by atoms with Crippen molar-refractivity contribution >= 4 is 34.8 Å². The molecular weight excluding hydrogens is 334 g/mol. The van der Waals surface area contributed by atoms with Crippen LogP contribution in [0, 0.1) is 5.92 Å². The summed E-state index contributed by atoms with van der Waals surface area (Å²) in [4.78, 5) is 24.0. The van der Waals surface area contributed by atoms with Crippen molar-refractivity contribution in [3.63, 3.8) is 0 Å². The second-order valence-electron chi connectivity index (χ2n) is 5.97. The lowest BCUT2D eigenvalue weighted by molar-refractivity contribution is -0.120. The van der Waals surface area contributed by atoms with Gasteiger partial charge in [-0.25, -0.2) is 0 Å². The minimum absolute atomic E-state index is 0.0470. The molecule has 0 aromatic heterocycles. The Morgan fingerprint density at radius 1 is 1.04 bits per heavy atom. The Kier molecular flexibility index (Phi) is 5.40. The molecule has 3 N–H and O–H groups in total. The van der Waals surface area contributed by atoms with Gasteiger partial charge >= 0.3 is 0 Å². The van der Waals surface area contributed by atoms with Gasteiger partial charge in [-0.3, -0.25) is 9.59 Å². The molecule has 2 aromatic rings. The van der Waals surface area contributed by atoms with Crippen LogP contribution in [0.2, 0.25) is 0 Å². The summed E-state index contributed by atoms with van der Waals surface area (Å²) in [7, 11) is 0. The highest BCUT2D eigenvalue weighted by molar-refractivity contribution is 7.80. The van der Waals surface area contributed by atoms with E-state index in [1.165, 1.54) is 0 Å². The van der Waals surface area contributed by atoms with Crippen LogP contribution in [0.15, 0.2) is 54.6 Å². The summed E-state index contributed by atoms with van der Waals surface area (Å²) < 4.78 is 0. The second kappa shape index (κ2) is 7.90. The molecule has 0 aliphatic heterocycles. The van der Waals surface area contributed by atoms with E-state index in [0.717, 1.165) is 18.4 Å². The summed E-state index contributed by atoms with van der Waals surface area (Å²) in [5.74, 6) is -0.121. The zero-order valence-corrected chi connectivity index (χ0v) is 14.4. The van der Waals surface area contributed by atoms with Crippen LogP contribution >= 0.6 is 12.2 Å². The standard InChI is InChI=1S/C19H19N3O2S/c23-17(20-12-13-5-2-1-3-6-13)15-7-4-8-16(11-15)21-19(25)22-18(24)14-9-10-14/h1-8,11,14H,9-10,12H2,(H,20,23)(H2,21,22,24,25). The summed E-state index contributed by atoms with van der Waals surface area (Å²) in [5, 5.41) is 8.74. The van der Waals surface area contributed by atoms with E-state index in [1.807, 2.05) is 30.3 Å². The Morgan fingerprint density at radius 2 is 1.80 bits per heavy atom. The number of rotatable bonds is 5. The van der Waals surface area contributed by atoms with Gasteiger partial charge < -0.3 is 16.0 Å². The normalized spacial score (nSPS) is 13.0. The number of thiocarbonyl (C=S) groups is 1. The molecule has 1 fully saturated rings. The molecule has 0 saturated heterocycles. The van der Waals surface area contributed by atoms with Gasteiger partial charge in [0.1, 0.15) is 0 Å². The van der Waals surface area contributed by atoms with Crippen LogP contribution in [0.5, 0.6) is 0 Å². The molecule has 2 amide bonds. The number of hydrogen-bond donors (Lipinski definition) is 3. The number of anilines is 1. The van der Waals surface area contributed by atoms with Crippen LogP contribution in [0.4, 0.5) is 5.69 Å².